The Balaban J connectivity index is 1.84. The number of urea groups is 1. The minimum Gasteiger partial charge on any atom is -0.367 e. The Morgan fingerprint density at radius 2 is 2.04 bits per heavy atom. The Labute approximate surface area is 155 Å². The summed E-state index contributed by atoms with van der Waals surface area (Å²) in [6, 6.07) is 9.80. The van der Waals surface area contributed by atoms with E-state index in [1.165, 1.54) is 19.2 Å². The molecule has 3 rings (SSSR count). The van der Waals surface area contributed by atoms with Gasteiger partial charge in [0.15, 0.2) is 0 Å². The first-order valence-corrected chi connectivity index (χ1v) is 8.54. The molecule has 0 spiro atoms. The third-order valence-corrected chi connectivity index (χ3v) is 4.56. The molecule has 0 aliphatic carbocycles. The number of benzene rings is 2. The van der Waals surface area contributed by atoms with Gasteiger partial charge in [-0.15, -0.1) is 0 Å². The molecule has 0 saturated heterocycles. The van der Waals surface area contributed by atoms with Gasteiger partial charge in [-0.1, -0.05) is 12.1 Å². The molecule has 2 amide bonds. The van der Waals surface area contributed by atoms with Crippen LogP contribution >= 0.6 is 0 Å². The minimum absolute atomic E-state index is 0.342. The Morgan fingerprint density at radius 1 is 1.26 bits per heavy atom. The normalized spacial score (nSPS) is 13.9. The van der Waals surface area contributed by atoms with Crippen LogP contribution in [-0.4, -0.2) is 24.8 Å². The predicted molar refractivity (Wildman–Crippen MR) is 96.0 cm³/mol. The topological polar surface area (TPSA) is 55.8 Å². The largest absolute Gasteiger partial charge is 0.416 e. The van der Waals surface area contributed by atoms with E-state index in [9.17, 15) is 23.2 Å². The first-order valence-electron chi connectivity index (χ1n) is 8.54. The average molecular weight is 379 g/mol. The number of hydrogen-bond donors (Lipinski definition) is 2. The molecule has 2 aromatic rings. The highest BCUT2D eigenvalue weighted by atomic mass is 19.4. The van der Waals surface area contributed by atoms with E-state index in [2.05, 4.69) is 5.32 Å². The molecule has 1 heterocycles. The van der Waals surface area contributed by atoms with Gasteiger partial charge in [-0.05, 0) is 54.3 Å². The summed E-state index contributed by atoms with van der Waals surface area (Å²) >= 11 is 0. The predicted octanol–water partition coefficient (Wildman–Crippen LogP) is 4.19. The summed E-state index contributed by atoms with van der Waals surface area (Å²) in [5.74, 6) is 0. The van der Waals surface area contributed by atoms with Gasteiger partial charge in [0, 0.05) is 25.8 Å². The molecule has 0 saturated carbocycles. The first-order chi connectivity index (χ1) is 12.8. The van der Waals surface area contributed by atoms with Crippen molar-refractivity contribution in [1.82, 2.24) is 5.32 Å². The van der Waals surface area contributed by atoms with Crippen molar-refractivity contribution in [2.24, 2.45) is 0 Å². The number of aryl methyl sites for hydroxylation is 1. The molecule has 8 heteroatoms. The van der Waals surface area contributed by atoms with Crippen LogP contribution in [0, 0.1) is 0 Å². The van der Waals surface area contributed by atoms with E-state index in [4.69, 9.17) is 0 Å². The van der Waals surface area contributed by atoms with Crippen LogP contribution in [0.5, 0.6) is 0 Å². The fourth-order valence-corrected chi connectivity index (χ4v) is 3.25. The van der Waals surface area contributed by atoms with Crippen LogP contribution < -0.4 is 15.3 Å². The van der Waals surface area contributed by atoms with Crippen LogP contribution in [-0.2, 0) is 19.1 Å². The van der Waals surface area contributed by atoms with Crippen molar-refractivity contribution in [2.75, 3.05) is 23.6 Å². The third-order valence-electron chi connectivity index (χ3n) is 4.56. The number of hydrogen-bond acceptors (Lipinski definition) is 3. The summed E-state index contributed by atoms with van der Waals surface area (Å²) in [7, 11) is 1.42. The lowest BCUT2D eigenvalue weighted by Crippen LogP contribution is -2.35. The Morgan fingerprint density at radius 3 is 2.74 bits per heavy atom. The average Bonchev–Trinajstić information content (AvgIpc) is 2.66. The lowest BCUT2D eigenvalue weighted by molar-refractivity contribution is -0.137. The van der Waals surface area contributed by atoms with Crippen molar-refractivity contribution in [1.29, 1.82) is 0 Å². The number of hydroxylamine groups is 1. The van der Waals surface area contributed by atoms with Gasteiger partial charge < -0.3 is 10.2 Å². The molecular formula is C19H20F3N3O2. The van der Waals surface area contributed by atoms with Crippen LogP contribution in [0.3, 0.4) is 0 Å². The van der Waals surface area contributed by atoms with E-state index in [1.807, 2.05) is 4.90 Å². The molecule has 1 aliphatic rings. The highest BCUT2D eigenvalue weighted by molar-refractivity contribution is 5.89. The smallest absolute Gasteiger partial charge is 0.367 e. The summed E-state index contributed by atoms with van der Waals surface area (Å²) in [4.78, 5) is 13.6. The lowest BCUT2D eigenvalue weighted by Gasteiger charge is -2.32. The molecule has 0 atom stereocenters. The number of alkyl halides is 3. The number of rotatable bonds is 3. The van der Waals surface area contributed by atoms with Crippen molar-refractivity contribution in [3.05, 3.63) is 59.2 Å². The van der Waals surface area contributed by atoms with Crippen molar-refractivity contribution in [3.63, 3.8) is 0 Å². The summed E-state index contributed by atoms with van der Waals surface area (Å²) in [6.07, 6.45) is -2.76. The molecule has 0 aromatic heterocycles. The van der Waals surface area contributed by atoms with Gasteiger partial charge in [-0.2, -0.15) is 18.2 Å². The van der Waals surface area contributed by atoms with Gasteiger partial charge in [0.05, 0.1) is 11.3 Å². The second kappa shape index (κ2) is 7.48. The monoisotopic (exact) mass is 379 g/mol. The van der Waals surface area contributed by atoms with Gasteiger partial charge in [0.1, 0.15) is 0 Å². The zero-order valence-corrected chi connectivity index (χ0v) is 14.8. The third kappa shape index (κ3) is 4.16. The lowest BCUT2D eigenvalue weighted by atomic mass is 10.00. The maximum absolute atomic E-state index is 12.9. The van der Waals surface area contributed by atoms with Crippen LogP contribution in [0.1, 0.15) is 23.1 Å². The number of halogens is 3. The molecule has 0 bridgehead atoms. The maximum Gasteiger partial charge on any atom is 0.416 e. The van der Waals surface area contributed by atoms with E-state index in [1.54, 1.807) is 24.3 Å². The number of nitrogens with one attached hydrogen (secondary N) is 1. The number of nitrogens with zero attached hydrogens (tertiary/aromatic N) is 2. The molecule has 2 N–H and O–H groups in total. The Bertz CT molecular complexity index is 839. The molecular weight excluding hydrogens is 359 g/mol. The second-order valence-corrected chi connectivity index (χ2v) is 6.40. The number of carbonyl (C=O) groups excluding carboxylic acids is 1. The molecule has 0 unspecified atom stereocenters. The Kier molecular flexibility index (Phi) is 5.27. The summed E-state index contributed by atoms with van der Waals surface area (Å²) in [5.41, 5.74) is 2.10. The van der Waals surface area contributed by atoms with Gasteiger partial charge in [-0.25, -0.2) is 4.79 Å². The maximum atomic E-state index is 12.9. The number of fused-ring (bicyclic) bond motifs is 1. The number of carbonyl (C=O) groups is 1. The molecule has 5 nitrogen and oxygen atoms in total. The van der Waals surface area contributed by atoms with Crippen molar-refractivity contribution >= 4 is 17.4 Å². The van der Waals surface area contributed by atoms with Crippen molar-refractivity contribution < 1.29 is 23.2 Å². The van der Waals surface area contributed by atoms with E-state index in [0.717, 1.165) is 36.7 Å². The van der Waals surface area contributed by atoms with Crippen molar-refractivity contribution in [3.8, 4) is 0 Å². The quantitative estimate of drug-likeness (QED) is 0.621. The van der Waals surface area contributed by atoms with Gasteiger partial charge >= 0.3 is 12.2 Å². The fraction of sp³-hybridized carbons (Fsp3) is 0.316. The molecule has 2 aromatic carbocycles. The van der Waals surface area contributed by atoms with Gasteiger partial charge in [0.2, 0.25) is 0 Å². The van der Waals surface area contributed by atoms with E-state index < -0.39 is 17.8 Å². The molecule has 0 fully saturated rings. The zero-order valence-electron chi connectivity index (χ0n) is 14.8. The highest BCUT2D eigenvalue weighted by Gasteiger charge is 2.30. The van der Waals surface area contributed by atoms with E-state index >= 15 is 0 Å². The molecule has 1 aliphatic heterocycles. The number of amides is 2. The second-order valence-electron chi connectivity index (χ2n) is 6.40. The fourth-order valence-electron chi connectivity index (χ4n) is 3.25. The highest BCUT2D eigenvalue weighted by Crippen LogP contribution is 2.33. The molecule has 144 valence electrons. The van der Waals surface area contributed by atoms with Gasteiger partial charge in [-0.3, -0.25) is 5.21 Å². The van der Waals surface area contributed by atoms with Gasteiger partial charge in [0.25, 0.3) is 0 Å². The van der Waals surface area contributed by atoms with Crippen LogP contribution in [0.4, 0.5) is 29.3 Å². The molecule has 27 heavy (non-hydrogen) atoms. The summed E-state index contributed by atoms with van der Waals surface area (Å²) < 4.78 is 38.8. The standard InChI is InChI=1S/C19H20F3N3O2/c1-23-18(26)25(27)16-7-8-17-14(11-16)5-3-9-24(17)12-13-4-2-6-15(10-13)19(20,21)22/h2,4,6-8,10-11,27H,3,5,9,12H2,1H3,(H,23,26). The van der Waals surface area contributed by atoms with E-state index in [-0.39, 0.29) is 0 Å². The van der Waals surface area contributed by atoms with E-state index in [0.29, 0.717) is 22.9 Å². The SMILES string of the molecule is CNC(=O)N(O)c1ccc2c(c1)CCCN2Cc1cccc(C(F)(F)F)c1. The Hall–Kier alpha value is -2.74. The van der Waals surface area contributed by atoms with Crippen molar-refractivity contribution in [2.45, 2.75) is 25.6 Å². The summed E-state index contributed by atoms with van der Waals surface area (Å²) in [5, 5.41) is 12.8. The summed E-state index contributed by atoms with van der Waals surface area (Å²) in [6.45, 7) is 1.08. The first kappa shape index (κ1) is 19.0. The van der Waals surface area contributed by atoms with Crippen LogP contribution in [0.25, 0.3) is 0 Å². The van der Waals surface area contributed by atoms with Crippen LogP contribution in [0.15, 0.2) is 42.5 Å². The minimum atomic E-state index is -4.37. The van der Waals surface area contributed by atoms with Crippen LogP contribution in [0.2, 0.25) is 0 Å². The number of anilines is 2. The molecule has 0 radical (unpaired) electrons. The zero-order chi connectivity index (χ0) is 19.6.